The molecule has 0 saturated carbocycles. The fourth-order valence-electron chi connectivity index (χ4n) is 4.09. The third-order valence-corrected chi connectivity index (χ3v) is 5.88. The van der Waals surface area contributed by atoms with Gasteiger partial charge in [0.1, 0.15) is 17.7 Å². The molecule has 0 saturated heterocycles. The number of ketones is 1. The van der Waals surface area contributed by atoms with Gasteiger partial charge in [0.25, 0.3) is 0 Å². The Kier molecular flexibility index (Phi) is 7.45. The first-order valence-electron chi connectivity index (χ1n) is 11.5. The Hall–Kier alpha value is -4.85. The standard InChI is InChI=1S/C29H23N5O2/c1-2-34(15-16-35)24-13-11-23(12-14-24)33-32-22-9-7-20(8-10-22)17-27-28(21(18-30)19-31)25-5-3-4-6-26(25)29(27)36/h3-14,17,35H,2,15-16H2,1H3/b27-17-,33-32?. The highest BCUT2D eigenvalue weighted by Crippen LogP contribution is 2.39. The number of benzene rings is 3. The molecule has 0 aliphatic heterocycles. The van der Waals surface area contributed by atoms with E-state index in [4.69, 9.17) is 0 Å². The second-order valence-electron chi connectivity index (χ2n) is 8.02. The lowest BCUT2D eigenvalue weighted by Gasteiger charge is -2.21. The van der Waals surface area contributed by atoms with E-state index in [9.17, 15) is 20.4 Å². The monoisotopic (exact) mass is 473 g/mol. The summed E-state index contributed by atoms with van der Waals surface area (Å²) in [5.41, 5.74) is 4.78. The van der Waals surface area contributed by atoms with Crippen LogP contribution in [0.3, 0.4) is 0 Å². The molecule has 1 aliphatic rings. The molecule has 0 amide bonds. The second kappa shape index (κ2) is 11.1. The van der Waals surface area contributed by atoms with Gasteiger partial charge in [-0.25, -0.2) is 0 Å². The number of likely N-dealkylation sites (N-methyl/N-ethyl adjacent to an activating group) is 1. The van der Waals surface area contributed by atoms with Gasteiger partial charge in [0.05, 0.1) is 18.0 Å². The van der Waals surface area contributed by atoms with Crippen molar-refractivity contribution >= 4 is 34.5 Å². The average Bonchev–Trinajstić information content (AvgIpc) is 3.19. The molecule has 3 aromatic rings. The molecule has 36 heavy (non-hydrogen) atoms. The van der Waals surface area contributed by atoms with Crippen molar-refractivity contribution in [1.29, 1.82) is 10.5 Å². The highest BCUT2D eigenvalue weighted by atomic mass is 16.3. The number of nitriles is 2. The molecule has 0 bridgehead atoms. The first-order chi connectivity index (χ1) is 17.6. The van der Waals surface area contributed by atoms with Gasteiger partial charge in [0, 0.05) is 35.5 Å². The summed E-state index contributed by atoms with van der Waals surface area (Å²) in [6, 6.07) is 25.7. The maximum absolute atomic E-state index is 13.0. The molecule has 1 aliphatic carbocycles. The largest absolute Gasteiger partial charge is 0.395 e. The number of carbonyl (C=O) groups excluding carboxylic acids is 1. The molecule has 3 aromatic carbocycles. The molecule has 0 atom stereocenters. The number of anilines is 1. The highest BCUT2D eigenvalue weighted by Gasteiger charge is 2.32. The lowest BCUT2D eigenvalue weighted by atomic mass is 9.98. The summed E-state index contributed by atoms with van der Waals surface area (Å²) in [6.45, 7) is 3.50. The number of Topliss-reactive ketones (excluding diaryl/α,β-unsaturated/α-hetero) is 1. The average molecular weight is 474 g/mol. The molecule has 0 aromatic heterocycles. The maximum atomic E-state index is 13.0. The number of hydrogen-bond acceptors (Lipinski definition) is 7. The molecule has 0 fully saturated rings. The number of nitrogens with zero attached hydrogens (tertiary/aromatic N) is 5. The Morgan fingerprint density at radius 3 is 2.06 bits per heavy atom. The van der Waals surface area contributed by atoms with Crippen molar-refractivity contribution in [3.8, 4) is 12.1 Å². The van der Waals surface area contributed by atoms with Crippen LogP contribution in [0.15, 0.2) is 94.2 Å². The Labute approximate surface area is 209 Å². The molecule has 0 spiro atoms. The van der Waals surface area contributed by atoms with Crippen molar-refractivity contribution in [2.75, 3.05) is 24.6 Å². The minimum absolute atomic E-state index is 0.0885. The van der Waals surface area contributed by atoms with Crippen LogP contribution in [0.5, 0.6) is 0 Å². The van der Waals surface area contributed by atoms with Crippen molar-refractivity contribution in [1.82, 2.24) is 0 Å². The van der Waals surface area contributed by atoms with Gasteiger partial charge in [-0.3, -0.25) is 4.79 Å². The van der Waals surface area contributed by atoms with E-state index in [1.165, 1.54) is 0 Å². The van der Waals surface area contributed by atoms with Crippen molar-refractivity contribution in [3.05, 3.63) is 101 Å². The second-order valence-corrected chi connectivity index (χ2v) is 8.02. The van der Waals surface area contributed by atoms with E-state index in [0.29, 0.717) is 40.2 Å². The van der Waals surface area contributed by atoms with Crippen LogP contribution in [0.1, 0.15) is 28.4 Å². The van der Waals surface area contributed by atoms with Crippen LogP contribution in [0.4, 0.5) is 17.1 Å². The number of allylic oxidation sites excluding steroid dienone is 3. The van der Waals surface area contributed by atoms with Crippen molar-refractivity contribution in [2.45, 2.75) is 6.92 Å². The van der Waals surface area contributed by atoms with Gasteiger partial charge >= 0.3 is 0 Å². The first-order valence-corrected chi connectivity index (χ1v) is 11.5. The molecule has 1 N–H and O–H groups in total. The third kappa shape index (κ3) is 4.97. The number of fused-ring (bicyclic) bond motifs is 1. The van der Waals surface area contributed by atoms with E-state index in [1.807, 2.05) is 55.5 Å². The van der Waals surface area contributed by atoms with Gasteiger partial charge in [-0.2, -0.15) is 20.8 Å². The molecule has 176 valence electrons. The minimum atomic E-state index is -0.212. The van der Waals surface area contributed by atoms with Crippen LogP contribution in [0.2, 0.25) is 0 Å². The van der Waals surface area contributed by atoms with Crippen molar-refractivity contribution in [2.24, 2.45) is 10.2 Å². The normalized spacial score (nSPS) is 13.5. The van der Waals surface area contributed by atoms with Crippen molar-refractivity contribution < 1.29 is 9.90 Å². The van der Waals surface area contributed by atoms with Crippen LogP contribution < -0.4 is 4.90 Å². The van der Waals surface area contributed by atoms with Gasteiger partial charge in [-0.15, -0.1) is 0 Å². The number of aliphatic hydroxyl groups is 1. The van der Waals surface area contributed by atoms with E-state index in [0.717, 1.165) is 17.8 Å². The van der Waals surface area contributed by atoms with Crippen LogP contribution in [0.25, 0.3) is 11.6 Å². The van der Waals surface area contributed by atoms with E-state index in [-0.39, 0.29) is 18.0 Å². The zero-order valence-corrected chi connectivity index (χ0v) is 19.7. The summed E-state index contributed by atoms with van der Waals surface area (Å²) in [4.78, 5) is 15.1. The fraction of sp³-hybridized carbons (Fsp3) is 0.138. The molecule has 0 heterocycles. The minimum Gasteiger partial charge on any atom is -0.395 e. The Morgan fingerprint density at radius 2 is 1.50 bits per heavy atom. The predicted octanol–water partition coefficient (Wildman–Crippen LogP) is 6.00. The zero-order valence-electron chi connectivity index (χ0n) is 19.7. The van der Waals surface area contributed by atoms with Crippen LogP contribution in [-0.2, 0) is 0 Å². The van der Waals surface area contributed by atoms with Crippen molar-refractivity contribution in [3.63, 3.8) is 0 Å². The predicted molar refractivity (Wildman–Crippen MR) is 139 cm³/mol. The lowest BCUT2D eigenvalue weighted by molar-refractivity contribution is 0.104. The van der Waals surface area contributed by atoms with Gasteiger partial charge in [0.15, 0.2) is 5.78 Å². The fourth-order valence-corrected chi connectivity index (χ4v) is 4.09. The maximum Gasteiger partial charge on any atom is 0.194 e. The molecule has 4 rings (SSSR count). The van der Waals surface area contributed by atoms with E-state index in [1.54, 1.807) is 42.5 Å². The van der Waals surface area contributed by atoms with E-state index < -0.39 is 0 Å². The SMILES string of the molecule is CCN(CCO)c1ccc(N=Nc2ccc(/C=C3\C(=O)c4ccccc4C3=C(C#N)C#N)cc2)cc1. The summed E-state index contributed by atoms with van der Waals surface area (Å²) in [5, 5.41) is 36.6. The third-order valence-electron chi connectivity index (χ3n) is 5.88. The van der Waals surface area contributed by atoms with Crippen LogP contribution >= 0.6 is 0 Å². The molecule has 0 unspecified atom stereocenters. The van der Waals surface area contributed by atoms with Crippen LogP contribution in [-0.4, -0.2) is 30.6 Å². The molecular weight excluding hydrogens is 450 g/mol. The number of carbonyl (C=O) groups is 1. The Balaban J connectivity index is 1.56. The number of rotatable bonds is 7. The van der Waals surface area contributed by atoms with E-state index >= 15 is 0 Å². The summed E-state index contributed by atoms with van der Waals surface area (Å²) < 4.78 is 0. The van der Waals surface area contributed by atoms with E-state index in [2.05, 4.69) is 15.1 Å². The summed E-state index contributed by atoms with van der Waals surface area (Å²) in [5.74, 6) is -0.212. The number of hydrogen-bond donors (Lipinski definition) is 1. The number of azo groups is 1. The number of aliphatic hydroxyl groups excluding tert-OH is 1. The molecule has 7 nitrogen and oxygen atoms in total. The Bertz CT molecular complexity index is 1440. The quantitative estimate of drug-likeness (QED) is 0.257. The zero-order chi connectivity index (χ0) is 25.5. The lowest BCUT2D eigenvalue weighted by Crippen LogP contribution is -2.25. The summed E-state index contributed by atoms with van der Waals surface area (Å²) >= 11 is 0. The van der Waals surface area contributed by atoms with Gasteiger partial charge in [-0.1, -0.05) is 36.4 Å². The summed E-state index contributed by atoms with van der Waals surface area (Å²) in [7, 11) is 0. The Morgan fingerprint density at radius 1 is 0.917 bits per heavy atom. The van der Waals surface area contributed by atoms with Crippen LogP contribution in [0, 0.1) is 22.7 Å². The topological polar surface area (TPSA) is 113 Å². The summed E-state index contributed by atoms with van der Waals surface area (Å²) in [6.07, 6.45) is 1.69. The smallest absolute Gasteiger partial charge is 0.194 e. The molecule has 0 radical (unpaired) electrons. The van der Waals surface area contributed by atoms with Gasteiger partial charge in [-0.05, 0) is 60.5 Å². The van der Waals surface area contributed by atoms with Gasteiger partial charge in [0.2, 0.25) is 0 Å². The van der Waals surface area contributed by atoms with Gasteiger partial charge < -0.3 is 10.0 Å². The molecule has 7 heteroatoms. The highest BCUT2D eigenvalue weighted by molar-refractivity contribution is 6.29. The molecular formula is C29H23N5O2. The first kappa shape index (κ1) is 24.3.